The highest BCUT2D eigenvalue weighted by molar-refractivity contribution is 9.10. The summed E-state index contributed by atoms with van der Waals surface area (Å²) < 4.78 is 1.16. The Morgan fingerprint density at radius 1 is 1.17 bits per heavy atom. The monoisotopic (exact) mass is 304 g/mol. The van der Waals surface area contributed by atoms with Crippen LogP contribution in [-0.4, -0.2) is 11.5 Å². The normalized spacial score (nSPS) is 12.3. The van der Waals surface area contributed by atoms with Gasteiger partial charge in [0.15, 0.2) is 0 Å². The first-order valence-electron chi connectivity index (χ1n) is 6.15. The summed E-state index contributed by atoms with van der Waals surface area (Å²) >= 11 is 3.58. The van der Waals surface area contributed by atoms with Crippen LogP contribution in [0.1, 0.15) is 24.2 Å². The zero-order valence-electron chi connectivity index (χ0n) is 10.4. The molecule has 0 aliphatic heterocycles. The van der Waals surface area contributed by atoms with Crippen molar-refractivity contribution in [3.63, 3.8) is 0 Å². The SMILES string of the molecule is C[C@H](NCCc1ccccn1)c1ccccc1Br. The van der Waals surface area contributed by atoms with E-state index in [1.165, 1.54) is 5.56 Å². The van der Waals surface area contributed by atoms with Gasteiger partial charge in [-0.3, -0.25) is 4.98 Å². The van der Waals surface area contributed by atoms with E-state index in [0.29, 0.717) is 6.04 Å². The van der Waals surface area contributed by atoms with Gasteiger partial charge in [0.2, 0.25) is 0 Å². The number of benzene rings is 1. The second kappa shape index (κ2) is 6.66. The minimum absolute atomic E-state index is 0.337. The molecule has 18 heavy (non-hydrogen) atoms. The lowest BCUT2D eigenvalue weighted by Gasteiger charge is -2.15. The van der Waals surface area contributed by atoms with Crippen LogP contribution in [0.25, 0.3) is 0 Å². The standard InChI is InChI=1S/C15H17BrN2/c1-12(14-7-2-3-8-15(14)16)17-11-9-13-6-4-5-10-18-13/h2-8,10,12,17H,9,11H2,1H3/t12-/m0/s1. The van der Waals surface area contributed by atoms with Crippen molar-refractivity contribution in [2.45, 2.75) is 19.4 Å². The highest BCUT2D eigenvalue weighted by Gasteiger charge is 2.07. The Hall–Kier alpha value is -1.19. The Morgan fingerprint density at radius 3 is 2.67 bits per heavy atom. The minimum atomic E-state index is 0.337. The summed E-state index contributed by atoms with van der Waals surface area (Å²) in [5, 5.41) is 3.52. The summed E-state index contributed by atoms with van der Waals surface area (Å²) in [5.74, 6) is 0. The van der Waals surface area contributed by atoms with Crippen molar-refractivity contribution in [2.75, 3.05) is 6.54 Å². The average molecular weight is 305 g/mol. The molecule has 1 aromatic carbocycles. The maximum atomic E-state index is 4.32. The number of rotatable bonds is 5. The van der Waals surface area contributed by atoms with Gasteiger partial charge in [-0.05, 0) is 30.7 Å². The summed E-state index contributed by atoms with van der Waals surface area (Å²) in [6.07, 6.45) is 2.79. The molecule has 2 rings (SSSR count). The van der Waals surface area contributed by atoms with Crippen molar-refractivity contribution >= 4 is 15.9 Å². The third kappa shape index (κ3) is 3.65. The molecule has 0 fully saturated rings. The molecule has 1 N–H and O–H groups in total. The fourth-order valence-electron chi connectivity index (χ4n) is 1.90. The maximum absolute atomic E-state index is 4.32. The van der Waals surface area contributed by atoms with Crippen LogP contribution in [0.15, 0.2) is 53.1 Å². The molecule has 0 spiro atoms. The van der Waals surface area contributed by atoms with E-state index in [1.807, 2.05) is 24.4 Å². The fourth-order valence-corrected chi connectivity index (χ4v) is 2.53. The first-order chi connectivity index (χ1) is 8.77. The molecule has 0 bridgehead atoms. The summed E-state index contributed by atoms with van der Waals surface area (Å²) in [5.41, 5.74) is 2.42. The Balaban J connectivity index is 1.86. The number of nitrogens with zero attached hydrogens (tertiary/aromatic N) is 1. The average Bonchev–Trinajstić information content (AvgIpc) is 2.40. The summed E-state index contributed by atoms with van der Waals surface area (Å²) in [7, 11) is 0. The molecular formula is C15H17BrN2. The molecule has 1 heterocycles. The molecule has 0 aliphatic rings. The predicted octanol–water partition coefficient (Wildman–Crippen LogP) is 3.74. The molecule has 0 unspecified atom stereocenters. The first kappa shape index (κ1) is 13.2. The Bertz CT molecular complexity index is 485. The molecule has 2 nitrogen and oxygen atoms in total. The number of aromatic nitrogens is 1. The van der Waals surface area contributed by atoms with Gasteiger partial charge < -0.3 is 5.32 Å². The Morgan fingerprint density at radius 2 is 1.94 bits per heavy atom. The lowest BCUT2D eigenvalue weighted by atomic mass is 10.1. The molecule has 1 aromatic heterocycles. The molecule has 0 saturated carbocycles. The fraction of sp³-hybridized carbons (Fsp3) is 0.267. The molecule has 1 atom stereocenters. The summed E-state index contributed by atoms with van der Waals surface area (Å²) in [6, 6.07) is 14.7. The van der Waals surface area contributed by atoms with Crippen molar-refractivity contribution < 1.29 is 0 Å². The molecule has 0 radical (unpaired) electrons. The zero-order chi connectivity index (χ0) is 12.8. The predicted molar refractivity (Wildman–Crippen MR) is 78.5 cm³/mol. The van der Waals surface area contributed by atoms with Crippen molar-refractivity contribution in [3.05, 3.63) is 64.4 Å². The Kier molecular flexibility index (Phi) is 4.90. The topological polar surface area (TPSA) is 24.9 Å². The van der Waals surface area contributed by atoms with Crippen LogP contribution in [0.5, 0.6) is 0 Å². The Labute approximate surface area is 117 Å². The zero-order valence-corrected chi connectivity index (χ0v) is 12.0. The number of halogens is 1. The third-order valence-corrected chi connectivity index (χ3v) is 3.65. The van der Waals surface area contributed by atoms with Crippen molar-refractivity contribution in [2.24, 2.45) is 0 Å². The molecule has 3 heteroatoms. The van der Waals surface area contributed by atoms with Gasteiger partial charge in [-0.2, -0.15) is 0 Å². The second-order valence-corrected chi connectivity index (χ2v) is 5.12. The molecule has 0 amide bonds. The van der Waals surface area contributed by atoms with Crippen molar-refractivity contribution in [1.29, 1.82) is 0 Å². The molecular weight excluding hydrogens is 288 g/mol. The minimum Gasteiger partial charge on any atom is -0.310 e. The smallest absolute Gasteiger partial charge is 0.0416 e. The summed E-state index contributed by atoms with van der Waals surface area (Å²) in [6.45, 7) is 3.11. The van der Waals surface area contributed by atoms with Crippen LogP contribution >= 0.6 is 15.9 Å². The van der Waals surface area contributed by atoms with Gasteiger partial charge in [0.05, 0.1) is 0 Å². The van der Waals surface area contributed by atoms with E-state index in [4.69, 9.17) is 0 Å². The van der Waals surface area contributed by atoms with Crippen molar-refractivity contribution in [3.8, 4) is 0 Å². The maximum Gasteiger partial charge on any atom is 0.0416 e. The summed E-state index contributed by atoms with van der Waals surface area (Å²) in [4.78, 5) is 4.32. The first-order valence-corrected chi connectivity index (χ1v) is 6.94. The number of hydrogen-bond acceptors (Lipinski definition) is 2. The van der Waals surface area contributed by atoms with Gasteiger partial charge in [0.25, 0.3) is 0 Å². The van der Waals surface area contributed by atoms with Crippen LogP contribution in [0.3, 0.4) is 0 Å². The molecule has 0 aliphatic carbocycles. The van der Waals surface area contributed by atoms with Crippen LogP contribution in [-0.2, 0) is 6.42 Å². The van der Waals surface area contributed by atoms with E-state index < -0.39 is 0 Å². The molecule has 2 aromatic rings. The van der Waals surface area contributed by atoms with Gasteiger partial charge >= 0.3 is 0 Å². The van der Waals surface area contributed by atoms with E-state index >= 15 is 0 Å². The van der Waals surface area contributed by atoms with Gasteiger partial charge in [-0.15, -0.1) is 0 Å². The van der Waals surface area contributed by atoms with E-state index in [2.05, 4.69) is 57.4 Å². The van der Waals surface area contributed by atoms with Crippen molar-refractivity contribution in [1.82, 2.24) is 10.3 Å². The lowest BCUT2D eigenvalue weighted by Crippen LogP contribution is -2.21. The van der Waals surface area contributed by atoms with E-state index in [-0.39, 0.29) is 0 Å². The molecule has 0 saturated heterocycles. The molecule has 94 valence electrons. The highest BCUT2D eigenvalue weighted by atomic mass is 79.9. The van der Waals surface area contributed by atoms with Crippen LogP contribution in [0.4, 0.5) is 0 Å². The van der Waals surface area contributed by atoms with E-state index in [0.717, 1.165) is 23.1 Å². The highest BCUT2D eigenvalue weighted by Crippen LogP contribution is 2.22. The van der Waals surface area contributed by atoms with Crippen LogP contribution < -0.4 is 5.32 Å². The van der Waals surface area contributed by atoms with Gasteiger partial charge in [-0.1, -0.05) is 40.2 Å². The largest absolute Gasteiger partial charge is 0.310 e. The van der Waals surface area contributed by atoms with Gasteiger partial charge in [0, 0.05) is 35.4 Å². The number of nitrogens with one attached hydrogen (secondary N) is 1. The lowest BCUT2D eigenvalue weighted by molar-refractivity contribution is 0.572. The second-order valence-electron chi connectivity index (χ2n) is 4.27. The van der Waals surface area contributed by atoms with E-state index in [1.54, 1.807) is 0 Å². The van der Waals surface area contributed by atoms with E-state index in [9.17, 15) is 0 Å². The number of pyridine rings is 1. The van der Waals surface area contributed by atoms with Crippen LogP contribution in [0, 0.1) is 0 Å². The van der Waals surface area contributed by atoms with Gasteiger partial charge in [0.1, 0.15) is 0 Å². The third-order valence-electron chi connectivity index (χ3n) is 2.93. The van der Waals surface area contributed by atoms with Crippen LogP contribution in [0.2, 0.25) is 0 Å². The number of hydrogen-bond donors (Lipinski definition) is 1. The van der Waals surface area contributed by atoms with Gasteiger partial charge in [-0.25, -0.2) is 0 Å². The quantitative estimate of drug-likeness (QED) is 0.910.